The molecule has 20 heavy (non-hydrogen) atoms. The summed E-state index contributed by atoms with van der Waals surface area (Å²) in [5.41, 5.74) is 0. The van der Waals surface area contributed by atoms with Gasteiger partial charge in [0.15, 0.2) is 0 Å². The largest absolute Gasteiger partial charge is 0.378 e. The minimum atomic E-state index is 0.139. The van der Waals surface area contributed by atoms with E-state index in [2.05, 4.69) is 36.5 Å². The maximum absolute atomic E-state index is 12.0. The average molecular weight is 344 g/mol. The van der Waals surface area contributed by atoms with Crippen molar-refractivity contribution in [1.82, 2.24) is 14.9 Å². The minimum absolute atomic E-state index is 0.139. The number of hydrogen-bond acceptors (Lipinski definition) is 6. The third kappa shape index (κ3) is 3.80. The summed E-state index contributed by atoms with van der Waals surface area (Å²) in [5.74, 6) is 1.53. The van der Waals surface area contributed by atoms with Crippen LogP contribution in [0, 0.1) is 0 Å². The summed E-state index contributed by atoms with van der Waals surface area (Å²) in [5, 5.41) is 6.10. The van der Waals surface area contributed by atoms with E-state index in [1.165, 1.54) is 6.33 Å². The zero-order chi connectivity index (χ0) is 14.4. The second-order valence-corrected chi connectivity index (χ2v) is 5.10. The van der Waals surface area contributed by atoms with Gasteiger partial charge in [-0.15, -0.1) is 0 Å². The van der Waals surface area contributed by atoms with Crippen molar-refractivity contribution in [1.29, 1.82) is 0 Å². The van der Waals surface area contributed by atoms with Gasteiger partial charge in [-0.05, 0) is 15.9 Å². The van der Waals surface area contributed by atoms with Gasteiger partial charge < -0.3 is 20.3 Å². The Labute approximate surface area is 126 Å². The van der Waals surface area contributed by atoms with Crippen molar-refractivity contribution in [3.63, 3.8) is 0 Å². The van der Waals surface area contributed by atoms with E-state index >= 15 is 0 Å². The van der Waals surface area contributed by atoms with Crippen LogP contribution in [0.5, 0.6) is 0 Å². The topological polar surface area (TPSA) is 79.4 Å². The molecule has 2 heterocycles. The molecular weight excluding hydrogens is 326 g/mol. The smallest absolute Gasteiger partial charge is 0.224 e. The number of hydrogen-bond donors (Lipinski definition) is 2. The lowest BCUT2D eigenvalue weighted by Crippen LogP contribution is -2.41. The summed E-state index contributed by atoms with van der Waals surface area (Å²) in [6, 6.07) is 0. The first-order chi connectivity index (χ1) is 9.72. The molecule has 1 aromatic rings. The first-order valence-electron chi connectivity index (χ1n) is 6.50. The fourth-order valence-electron chi connectivity index (χ4n) is 1.93. The predicted molar refractivity (Wildman–Crippen MR) is 79.8 cm³/mol. The fourth-order valence-corrected chi connectivity index (χ4v) is 2.47. The summed E-state index contributed by atoms with van der Waals surface area (Å²) in [4.78, 5) is 22.0. The molecule has 0 aliphatic carbocycles. The van der Waals surface area contributed by atoms with Crippen LogP contribution in [0.3, 0.4) is 0 Å². The number of nitrogens with one attached hydrogen (secondary N) is 2. The second kappa shape index (κ2) is 7.39. The number of carbonyl (C=O) groups excluding carboxylic acids is 1. The first kappa shape index (κ1) is 15.0. The summed E-state index contributed by atoms with van der Waals surface area (Å²) < 4.78 is 5.99. The molecule has 0 unspecified atom stereocenters. The van der Waals surface area contributed by atoms with Gasteiger partial charge in [-0.3, -0.25) is 4.79 Å². The standard InChI is InChI=1S/C12H18BrN5O2/c1-14-11-10(13)12(17-8-16-11)15-3-2-9(19)18-4-6-20-7-5-18/h8H,2-7H2,1H3,(H2,14,15,16,17). The van der Waals surface area contributed by atoms with Gasteiger partial charge in [-0.2, -0.15) is 0 Å². The number of amides is 1. The molecule has 0 bridgehead atoms. The number of halogens is 1. The van der Waals surface area contributed by atoms with E-state index in [0.717, 1.165) is 4.47 Å². The Morgan fingerprint density at radius 3 is 2.80 bits per heavy atom. The highest BCUT2D eigenvalue weighted by atomic mass is 79.9. The van der Waals surface area contributed by atoms with Crippen molar-refractivity contribution >= 4 is 33.5 Å². The molecule has 8 heteroatoms. The Bertz CT molecular complexity index is 465. The lowest BCUT2D eigenvalue weighted by Gasteiger charge is -2.26. The van der Waals surface area contributed by atoms with Crippen molar-refractivity contribution in [3.05, 3.63) is 10.8 Å². The molecule has 1 amide bonds. The monoisotopic (exact) mass is 343 g/mol. The number of ether oxygens (including phenoxy) is 1. The quantitative estimate of drug-likeness (QED) is 0.828. The second-order valence-electron chi connectivity index (χ2n) is 4.30. The van der Waals surface area contributed by atoms with Crippen LogP contribution < -0.4 is 10.6 Å². The van der Waals surface area contributed by atoms with E-state index in [4.69, 9.17) is 4.74 Å². The van der Waals surface area contributed by atoms with Crippen molar-refractivity contribution in [3.8, 4) is 0 Å². The summed E-state index contributed by atoms with van der Waals surface area (Å²) >= 11 is 3.42. The van der Waals surface area contributed by atoms with E-state index < -0.39 is 0 Å². The Kier molecular flexibility index (Phi) is 5.54. The van der Waals surface area contributed by atoms with Gasteiger partial charge in [-0.25, -0.2) is 9.97 Å². The minimum Gasteiger partial charge on any atom is -0.378 e. The Hall–Kier alpha value is -1.41. The molecule has 110 valence electrons. The number of rotatable bonds is 5. The van der Waals surface area contributed by atoms with Crippen LogP contribution in [-0.2, 0) is 9.53 Å². The molecule has 1 fully saturated rings. The number of morpholine rings is 1. The van der Waals surface area contributed by atoms with Crippen LogP contribution >= 0.6 is 15.9 Å². The Morgan fingerprint density at radius 2 is 2.10 bits per heavy atom. The number of nitrogens with zero attached hydrogens (tertiary/aromatic N) is 3. The molecule has 7 nitrogen and oxygen atoms in total. The zero-order valence-electron chi connectivity index (χ0n) is 11.4. The van der Waals surface area contributed by atoms with Crippen molar-refractivity contribution in [2.75, 3.05) is 50.5 Å². The fraction of sp³-hybridized carbons (Fsp3) is 0.583. The van der Waals surface area contributed by atoms with E-state index in [1.54, 1.807) is 7.05 Å². The number of carbonyl (C=O) groups is 1. The van der Waals surface area contributed by atoms with Gasteiger partial charge >= 0.3 is 0 Å². The first-order valence-corrected chi connectivity index (χ1v) is 7.29. The highest BCUT2D eigenvalue weighted by molar-refractivity contribution is 9.10. The van der Waals surface area contributed by atoms with Crippen molar-refractivity contribution < 1.29 is 9.53 Å². The number of aromatic nitrogens is 2. The molecule has 1 saturated heterocycles. The normalized spacial score (nSPS) is 15.0. The molecule has 0 radical (unpaired) electrons. The highest BCUT2D eigenvalue weighted by Gasteiger charge is 2.16. The maximum Gasteiger partial charge on any atom is 0.224 e. The van der Waals surface area contributed by atoms with Gasteiger partial charge in [0.05, 0.1) is 13.2 Å². The van der Waals surface area contributed by atoms with E-state index in [1.807, 2.05) is 4.90 Å². The van der Waals surface area contributed by atoms with Gasteiger partial charge in [0, 0.05) is 33.1 Å². The molecule has 2 rings (SSSR count). The molecular formula is C12H18BrN5O2. The lowest BCUT2D eigenvalue weighted by molar-refractivity contribution is -0.134. The highest BCUT2D eigenvalue weighted by Crippen LogP contribution is 2.25. The van der Waals surface area contributed by atoms with Crippen LogP contribution in [0.2, 0.25) is 0 Å². The van der Waals surface area contributed by atoms with Gasteiger partial charge in [0.2, 0.25) is 5.91 Å². The molecule has 0 saturated carbocycles. The average Bonchev–Trinajstić information content (AvgIpc) is 2.49. The van der Waals surface area contributed by atoms with Gasteiger partial charge in [0.25, 0.3) is 0 Å². The van der Waals surface area contributed by atoms with Gasteiger partial charge in [-0.1, -0.05) is 0 Å². The van der Waals surface area contributed by atoms with Crippen molar-refractivity contribution in [2.24, 2.45) is 0 Å². The molecule has 1 aromatic heterocycles. The van der Waals surface area contributed by atoms with Crippen LogP contribution in [0.25, 0.3) is 0 Å². The number of anilines is 2. The lowest BCUT2D eigenvalue weighted by atomic mass is 10.3. The van der Waals surface area contributed by atoms with Crippen LogP contribution in [0.1, 0.15) is 6.42 Å². The molecule has 0 aromatic carbocycles. The van der Waals surface area contributed by atoms with Gasteiger partial charge in [0.1, 0.15) is 22.4 Å². The molecule has 0 spiro atoms. The maximum atomic E-state index is 12.0. The molecule has 0 atom stereocenters. The van der Waals surface area contributed by atoms with E-state index in [0.29, 0.717) is 50.9 Å². The SMILES string of the molecule is CNc1ncnc(NCCC(=O)N2CCOCC2)c1Br. The third-order valence-electron chi connectivity index (χ3n) is 3.02. The van der Waals surface area contributed by atoms with E-state index in [9.17, 15) is 4.79 Å². The third-order valence-corrected chi connectivity index (χ3v) is 3.77. The molecule has 1 aliphatic heterocycles. The summed E-state index contributed by atoms with van der Waals surface area (Å²) in [7, 11) is 1.79. The van der Waals surface area contributed by atoms with Crippen LogP contribution in [0.15, 0.2) is 10.8 Å². The summed E-state index contributed by atoms with van der Waals surface area (Å²) in [6.45, 7) is 3.15. The Morgan fingerprint density at radius 1 is 1.40 bits per heavy atom. The van der Waals surface area contributed by atoms with Crippen LogP contribution in [0.4, 0.5) is 11.6 Å². The van der Waals surface area contributed by atoms with E-state index in [-0.39, 0.29) is 5.91 Å². The summed E-state index contributed by atoms with van der Waals surface area (Å²) in [6.07, 6.45) is 1.91. The van der Waals surface area contributed by atoms with Crippen molar-refractivity contribution in [2.45, 2.75) is 6.42 Å². The van der Waals surface area contributed by atoms with Crippen LogP contribution in [-0.4, -0.2) is 60.7 Å². The molecule has 1 aliphatic rings. The zero-order valence-corrected chi connectivity index (χ0v) is 12.9. The predicted octanol–water partition coefficient (Wildman–Crippen LogP) is 0.942. The molecule has 2 N–H and O–H groups in total. The Balaban J connectivity index is 1.82.